The minimum absolute atomic E-state index is 0.0595. The van der Waals surface area contributed by atoms with Gasteiger partial charge < -0.3 is 18.9 Å². The molecule has 1 aliphatic rings. The molecule has 134 valence electrons. The number of benzene rings is 1. The van der Waals surface area contributed by atoms with Crippen molar-refractivity contribution in [2.24, 2.45) is 0 Å². The molecule has 2 aromatic heterocycles. The van der Waals surface area contributed by atoms with E-state index >= 15 is 0 Å². The zero-order valence-corrected chi connectivity index (χ0v) is 14.9. The summed E-state index contributed by atoms with van der Waals surface area (Å²) >= 11 is 0. The molecule has 3 aromatic rings. The van der Waals surface area contributed by atoms with Gasteiger partial charge in [0.1, 0.15) is 0 Å². The van der Waals surface area contributed by atoms with Crippen molar-refractivity contribution in [1.29, 1.82) is 0 Å². The Kier molecular flexibility index (Phi) is 3.99. The molecule has 1 aliphatic heterocycles. The van der Waals surface area contributed by atoms with Crippen LogP contribution in [0.1, 0.15) is 29.9 Å². The van der Waals surface area contributed by atoms with Crippen molar-refractivity contribution < 1.29 is 18.8 Å². The van der Waals surface area contributed by atoms with Gasteiger partial charge in [-0.3, -0.25) is 4.79 Å². The van der Waals surface area contributed by atoms with Crippen LogP contribution in [0, 0.1) is 6.92 Å². The molecule has 0 saturated heterocycles. The molecular formula is C19H19N3O4. The Bertz CT molecular complexity index is 992. The number of rotatable bonds is 4. The Balaban J connectivity index is 1.88. The molecule has 0 aliphatic carbocycles. The van der Waals surface area contributed by atoms with Crippen LogP contribution in [0.4, 0.5) is 0 Å². The maximum Gasteiger partial charge on any atom is 0.259 e. The van der Waals surface area contributed by atoms with Crippen LogP contribution in [-0.4, -0.2) is 40.8 Å². The fraction of sp³-hybridized carbons (Fsp3) is 0.316. The van der Waals surface area contributed by atoms with Crippen molar-refractivity contribution in [3.05, 3.63) is 35.5 Å². The maximum absolute atomic E-state index is 13.0. The largest absolute Gasteiger partial charge is 0.454 e. The van der Waals surface area contributed by atoms with Crippen molar-refractivity contribution >= 4 is 17.0 Å². The second-order valence-corrected chi connectivity index (χ2v) is 6.05. The van der Waals surface area contributed by atoms with E-state index in [0.717, 1.165) is 5.56 Å². The molecule has 7 heteroatoms. The van der Waals surface area contributed by atoms with Crippen LogP contribution in [0.25, 0.3) is 22.4 Å². The highest BCUT2D eigenvalue weighted by Crippen LogP contribution is 2.36. The molecule has 1 aromatic carbocycles. The Morgan fingerprint density at radius 1 is 1.15 bits per heavy atom. The van der Waals surface area contributed by atoms with Crippen molar-refractivity contribution in [3.63, 3.8) is 0 Å². The number of fused-ring (bicyclic) bond motifs is 2. The molecule has 0 unspecified atom stereocenters. The van der Waals surface area contributed by atoms with Crippen LogP contribution in [0.5, 0.6) is 11.5 Å². The van der Waals surface area contributed by atoms with Crippen LogP contribution in [0.2, 0.25) is 0 Å². The highest BCUT2D eigenvalue weighted by atomic mass is 16.7. The van der Waals surface area contributed by atoms with E-state index in [-0.39, 0.29) is 12.7 Å². The highest BCUT2D eigenvalue weighted by molar-refractivity contribution is 6.07. The highest BCUT2D eigenvalue weighted by Gasteiger charge is 2.23. The number of ether oxygens (including phenoxy) is 2. The van der Waals surface area contributed by atoms with E-state index < -0.39 is 0 Å². The first kappa shape index (κ1) is 16.4. The minimum atomic E-state index is -0.0595. The molecule has 0 spiro atoms. The number of pyridine rings is 1. The molecule has 0 N–H and O–H groups in total. The first-order valence-electron chi connectivity index (χ1n) is 8.58. The summed E-state index contributed by atoms with van der Waals surface area (Å²) < 4.78 is 16.1. The summed E-state index contributed by atoms with van der Waals surface area (Å²) in [5, 5.41) is 4.65. The van der Waals surface area contributed by atoms with E-state index in [9.17, 15) is 4.79 Å². The first-order valence-corrected chi connectivity index (χ1v) is 8.58. The molecule has 7 nitrogen and oxygen atoms in total. The molecule has 3 heterocycles. The third-order valence-corrected chi connectivity index (χ3v) is 4.57. The number of aromatic nitrogens is 2. The fourth-order valence-electron chi connectivity index (χ4n) is 3.15. The predicted molar refractivity (Wildman–Crippen MR) is 95.4 cm³/mol. The number of carbonyl (C=O) groups excluding carboxylic acids is 1. The third kappa shape index (κ3) is 2.56. The van der Waals surface area contributed by atoms with E-state index in [2.05, 4.69) is 10.1 Å². The van der Waals surface area contributed by atoms with Crippen molar-refractivity contribution in [2.75, 3.05) is 19.9 Å². The van der Waals surface area contributed by atoms with E-state index in [1.165, 1.54) is 0 Å². The second kappa shape index (κ2) is 6.33. The van der Waals surface area contributed by atoms with Gasteiger partial charge in [0, 0.05) is 18.7 Å². The smallest absolute Gasteiger partial charge is 0.259 e. The van der Waals surface area contributed by atoms with E-state index in [1.54, 1.807) is 11.0 Å². The zero-order valence-electron chi connectivity index (χ0n) is 14.9. The molecule has 26 heavy (non-hydrogen) atoms. The maximum atomic E-state index is 13.0. The molecule has 0 fully saturated rings. The van der Waals surface area contributed by atoms with E-state index in [1.807, 2.05) is 39.0 Å². The van der Waals surface area contributed by atoms with Gasteiger partial charge >= 0.3 is 0 Å². The predicted octanol–water partition coefficient (Wildman–Crippen LogP) is 3.41. The summed E-state index contributed by atoms with van der Waals surface area (Å²) in [6.45, 7) is 7.19. The summed E-state index contributed by atoms with van der Waals surface area (Å²) in [6.07, 6.45) is 0. The third-order valence-electron chi connectivity index (χ3n) is 4.57. The molecule has 0 saturated carbocycles. The molecular weight excluding hydrogens is 334 g/mol. The number of nitrogens with zero attached hydrogens (tertiary/aromatic N) is 3. The van der Waals surface area contributed by atoms with Gasteiger partial charge in [0.05, 0.1) is 22.3 Å². The van der Waals surface area contributed by atoms with Gasteiger partial charge in [-0.15, -0.1) is 0 Å². The normalized spacial score (nSPS) is 12.6. The van der Waals surface area contributed by atoms with Crippen molar-refractivity contribution in [1.82, 2.24) is 15.0 Å². The quantitative estimate of drug-likeness (QED) is 0.715. The van der Waals surface area contributed by atoms with Crippen LogP contribution < -0.4 is 9.47 Å². The molecule has 0 bridgehead atoms. The van der Waals surface area contributed by atoms with Crippen molar-refractivity contribution in [2.45, 2.75) is 20.8 Å². The monoisotopic (exact) mass is 353 g/mol. The Hall–Kier alpha value is -3.09. The number of hydrogen-bond acceptors (Lipinski definition) is 6. The van der Waals surface area contributed by atoms with E-state index in [0.29, 0.717) is 52.6 Å². The van der Waals surface area contributed by atoms with Crippen LogP contribution >= 0.6 is 0 Å². The van der Waals surface area contributed by atoms with Crippen molar-refractivity contribution in [3.8, 4) is 22.8 Å². The van der Waals surface area contributed by atoms with Gasteiger partial charge in [0.2, 0.25) is 6.79 Å². The van der Waals surface area contributed by atoms with Crippen LogP contribution in [0.3, 0.4) is 0 Å². The lowest BCUT2D eigenvalue weighted by molar-refractivity contribution is 0.0775. The lowest BCUT2D eigenvalue weighted by Gasteiger charge is -2.19. The fourth-order valence-corrected chi connectivity index (χ4v) is 3.15. The number of aryl methyl sites for hydroxylation is 1. The standard InChI is InChI=1S/C19H19N3O4/c1-4-22(5-2)19(23)13-9-14(20-18-17(13)11(3)21-26-18)12-6-7-15-16(8-12)25-10-24-15/h6-9H,4-5,10H2,1-3H3. The van der Waals surface area contributed by atoms with Gasteiger partial charge in [-0.2, -0.15) is 0 Å². The molecule has 1 amide bonds. The molecule has 4 rings (SSSR count). The Labute approximate surface area is 150 Å². The van der Waals surface area contributed by atoms with Gasteiger partial charge in [-0.25, -0.2) is 4.98 Å². The van der Waals surface area contributed by atoms with Gasteiger partial charge in [0.25, 0.3) is 11.6 Å². The summed E-state index contributed by atoms with van der Waals surface area (Å²) in [7, 11) is 0. The summed E-state index contributed by atoms with van der Waals surface area (Å²) in [5.41, 5.74) is 3.00. The Morgan fingerprint density at radius 3 is 2.69 bits per heavy atom. The molecule has 0 radical (unpaired) electrons. The second-order valence-electron chi connectivity index (χ2n) is 6.05. The van der Waals surface area contributed by atoms with Gasteiger partial charge in [-0.05, 0) is 45.0 Å². The van der Waals surface area contributed by atoms with Crippen LogP contribution in [0.15, 0.2) is 28.8 Å². The van der Waals surface area contributed by atoms with Gasteiger partial charge in [-0.1, -0.05) is 5.16 Å². The average molecular weight is 353 g/mol. The summed E-state index contributed by atoms with van der Waals surface area (Å²) in [4.78, 5) is 19.3. The number of amides is 1. The number of hydrogen-bond donors (Lipinski definition) is 0. The van der Waals surface area contributed by atoms with Gasteiger partial charge in [0.15, 0.2) is 11.5 Å². The summed E-state index contributed by atoms with van der Waals surface area (Å²) in [6, 6.07) is 7.37. The zero-order chi connectivity index (χ0) is 18.3. The number of carbonyl (C=O) groups is 1. The van der Waals surface area contributed by atoms with E-state index in [4.69, 9.17) is 14.0 Å². The summed E-state index contributed by atoms with van der Waals surface area (Å²) in [5.74, 6) is 1.30. The first-order chi connectivity index (χ1) is 12.6. The topological polar surface area (TPSA) is 77.7 Å². The minimum Gasteiger partial charge on any atom is -0.454 e. The average Bonchev–Trinajstić information content (AvgIpc) is 3.28. The van der Waals surface area contributed by atoms with Crippen LogP contribution in [-0.2, 0) is 0 Å². The Morgan fingerprint density at radius 2 is 1.92 bits per heavy atom. The SMILES string of the molecule is CCN(CC)C(=O)c1cc(-c2ccc3c(c2)OCO3)nc2onc(C)c12. The molecule has 0 atom stereocenters. The lowest BCUT2D eigenvalue weighted by Crippen LogP contribution is -2.30. The lowest BCUT2D eigenvalue weighted by atomic mass is 10.0.